The molecule has 2 bridgehead atoms. The fourth-order valence-electron chi connectivity index (χ4n) is 5.31. The Kier molecular flexibility index (Phi) is 2.48. The summed E-state index contributed by atoms with van der Waals surface area (Å²) in [6.07, 6.45) is 8.57. The van der Waals surface area contributed by atoms with E-state index in [1.807, 2.05) is 0 Å². The van der Waals surface area contributed by atoms with E-state index in [9.17, 15) is 4.79 Å². The van der Waals surface area contributed by atoms with Crippen LogP contribution in [0.3, 0.4) is 0 Å². The number of carbonyl (C=O) groups excluding carboxylic acids is 1. The van der Waals surface area contributed by atoms with E-state index >= 15 is 0 Å². The van der Waals surface area contributed by atoms with Gasteiger partial charge < -0.3 is 0 Å². The Hall–Kier alpha value is -0.330. The lowest BCUT2D eigenvalue weighted by molar-refractivity contribution is -0.128. The summed E-state index contributed by atoms with van der Waals surface area (Å²) in [6.45, 7) is 7.39. The quantitative estimate of drug-likeness (QED) is 0.664. The van der Waals surface area contributed by atoms with Gasteiger partial charge in [-0.25, -0.2) is 0 Å². The maximum absolute atomic E-state index is 12.2. The zero-order chi connectivity index (χ0) is 12.3. The minimum Gasteiger partial charge on any atom is -0.299 e. The average Bonchev–Trinajstić information content (AvgIpc) is 2.62. The maximum atomic E-state index is 12.2. The standard InChI is InChI=1S/C16H26O/c1-15(2)11-8-9-16(15,3)13(10-11)12-6-4-5-7-14(12)17/h11-13H,4-10H2,1-3H3. The molecule has 96 valence electrons. The van der Waals surface area contributed by atoms with Gasteiger partial charge in [0.15, 0.2) is 0 Å². The van der Waals surface area contributed by atoms with Crippen LogP contribution in [0.1, 0.15) is 65.7 Å². The molecule has 0 aromatic carbocycles. The van der Waals surface area contributed by atoms with Gasteiger partial charge in [0.1, 0.15) is 5.78 Å². The van der Waals surface area contributed by atoms with Gasteiger partial charge in [-0.2, -0.15) is 0 Å². The Bertz CT molecular complexity index is 343. The number of hydrogen-bond donors (Lipinski definition) is 0. The minimum atomic E-state index is 0.415. The summed E-state index contributed by atoms with van der Waals surface area (Å²) < 4.78 is 0. The maximum Gasteiger partial charge on any atom is 0.136 e. The highest BCUT2D eigenvalue weighted by Crippen LogP contribution is 2.70. The average molecular weight is 234 g/mol. The Labute approximate surface area is 105 Å². The summed E-state index contributed by atoms with van der Waals surface area (Å²) in [4.78, 5) is 12.2. The monoisotopic (exact) mass is 234 g/mol. The second-order valence-corrected chi connectivity index (χ2v) is 7.54. The van der Waals surface area contributed by atoms with Crippen LogP contribution in [0, 0.1) is 28.6 Å². The number of hydrogen-bond acceptors (Lipinski definition) is 1. The van der Waals surface area contributed by atoms with Gasteiger partial charge in [0.05, 0.1) is 0 Å². The van der Waals surface area contributed by atoms with Crippen LogP contribution < -0.4 is 0 Å². The SMILES string of the molecule is CC1(C)C2CCC1(C)C(C1CCCCC1=O)C2. The summed E-state index contributed by atoms with van der Waals surface area (Å²) in [6, 6.07) is 0. The van der Waals surface area contributed by atoms with Crippen molar-refractivity contribution in [2.45, 2.75) is 65.7 Å². The van der Waals surface area contributed by atoms with Crippen molar-refractivity contribution in [3.63, 3.8) is 0 Å². The van der Waals surface area contributed by atoms with E-state index in [4.69, 9.17) is 0 Å². The summed E-state index contributed by atoms with van der Waals surface area (Å²) in [5.74, 6) is 2.58. The van der Waals surface area contributed by atoms with Gasteiger partial charge in [-0.15, -0.1) is 0 Å². The molecule has 3 aliphatic rings. The highest BCUT2D eigenvalue weighted by atomic mass is 16.1. The van der Waals surface area contributed by atoms with Crippen molar-refractivity contribution in [3.05, 3.63) is 0 Å². The normalized spacial score (nSPS) is 48.6. The van der Waals surface area contributed by atoms with E-state index in [1.54, 1.807) is 0 Å². The molecule has 17 heavy (non-hydrogen) atoms. The third-order valence-corrected chi connectivity index (χ3v) is 6.95. The Morgan fingerprint density at radius 3 is 2.41 bits per heavy atom. The van der Waals surface area contributed by atoms with Crippen LogP contribution in [0.15, 0.2) is 0 Å². The molecular weight excluding hydrogens is 208 g/mol. The topological polar surface area (TPSA) is 17.1 Å². The highest BCUT2D eigenvalue weighted by Gasteiger charge is 2.63. The van der Waals surface area contributed by atoms with Crippen LogP contribution in [0.25, 0.3) is 0 Å². The molecule has 3 aliphatic carbocycles. The molecule has 3 fully saturated rings. The van der Waals surface area contributed by atoms with Crippen LogP contribution >= 0.6 is 0 Å². The summed E-state index contributed by atoms with van der Waals surface area (Å²) in [7, 11) is 0. The molecule has 0 N–H and O–H groups in total. The molecule has 0 radical (unpaired) electrons. The van der Waals surface area contributed by atoms with Crippen molar-refractivity contribution in [2.24, 2.45) is 28.6 Å². The van der Waals surface area contributed by atoms with E-state index in [-0.39, 0.29) is 0 Å². The highest BCUT2D eigenvalue weighted by molar-refractivity contribution is 5.82. The number of ketones is 1. The van der Waals surface area contributed by atoms with Crippen molar-refractivity contribution in [3.8, 4) is 0 Å². The molecule has 4 unspecified atom stereocenters. The van der Waals surface area contributed by atoms with E-state index in [0.29, 0.717) is 28.4 Å². The Balaban J connectivity index is 1.88. The van der Waals surface area contributed by atoms with Crippen molar-refractivity contribution in [1.29, 1.82) is 0 Å². The molecule has 3 rings (SSSR count). The van der Waals surface area contributed by atoms with Crippen LogP contribution in [0.5, 0.6) is 0 Å². The number of rotatable bonds is 1. The van der Waals surface area contributed by atoms with Gasteiger partial charge in [-0.1, -0.05) is 27.2 Å². The smallest absolute Gasteiger partial charge is 0.136 e. The predicted molar refractivity (Wildman–Crippen MR) is 69.7 cm³/mol. The van der Waals surface area contributed by atoms with Crippen LogP contribution in [0.4, 0.5) is 0 Å². The second-order valence-electron chi connectivity index (χ2n) is 7.54. The van der Waals surface area contributed by atoms with Crippen molar-refractivity contribution in [2.75, 3.05) is 0 Å². The van der Waals surface area contributed by atoms with E-state index < -0.39 is 0 Å². The first kappa shape index (κ1) is 11.7. The molecule has 0 aromatic heterocycles. The van der Waals surface area contributed by atoms with Crippen LogP contribution in [-0.2, 0) is 4.79 Å². The summed E-state index contributed by atoms with van der Waals surface area (Å²) >= 11 is 0. The van der Waals surface area contributed by atoms with E-state index in [2.05, 4.69) is 20.8 Å². The van der Waals surface area contributed by atoms with Crippen molar-refractivity contribution in [1.82, 2.24) is 0 Å². The third-order valence-electron chi connectivity index (χ3n) is 6.95. The molecule has 4 atom stereocenters. The zero-order valence-electron chi connectivity index (χ0n) is 11.6. The van der Waals surface area contributed by atoms with Gasteiger partial charge in [-0.05, 0) is 54.8 Å². The molecule has 3 saturated carbocycles. The number of carbonyl (C=O) groups is 1. The van der Waals surface area contributed by atoms with Gasteiger partial charge >= 0.3 is 0 Å². The Morgan fingerprint density at radius 2 is 1.88 bits per heavy atom. The van der Waals surface area contributed by atoms with E-state index in [1.165, 1.54) is 32.1 Å². The molecule has 1 heteroatoms. The molecule has 1 nitrogen and oxygen atoms in total. The van der Waals surface area contributed by atoms with Crippen molar-refractivity contribution < 1.29 is 4.79 Å². The van der Waals surface area contributed by atoms with E-state index in [0.717, 1.165) is 18.8 Å². The van der Waals surface area contributed by atoms with Gasteiger partial charge in [0.2, 0.25) is 0 Å². The lowest BCUT2D eigenvalue weighted by atomic mass is 9.61. The molecular formula is C16H26O. The molecule has 0 aliphatic heterocycles. The minimum absolute atomic E-state index is 0.415. The number of fused-ring (bicyclic) bond motifs is 2. The summed E-state index contributed by atoms with van der Waals surface area (Å²) in [5.41, 5.74) is 0.907. The first-order valence-corrected chi connectivity index (χ1v) is 7.49. The Morgan fingerprint density at radius 1 is 1.12 bits per heavy atom. The molecule has 0 saturated heterocycles. The fourth-order valence-corrected chi connectivity index (χ4v) is 5.31. The first-order chi connectivity index (χ1) is 7.97. The lowest BCUT2D eigenvalue weighted by Gasteiger charge is -2.43. The summed E-state index contributed by atoms with van der Waals surface area (Å²) in [5, 5.41) is 0. The third kappa shape index (κ3) is 1.40. The second kappa shape index (κ2) is 3.59. The number of Topliss-reactive ketones (excluding diaryl/α,β-unsaturated/α-hetero) is 1. The largest absolute Gasteiger partial charge is 0.299 e. The fraction of sp³-hybridized carbons (Fsp3) is 0.938. The molecule has 0 aromatic rings. The van der Waals surface area contributed by atoms with Gasteiger partial charge in [-0.3, -0.25) is 4.79 Å². The predicted octanol–water partition coefficient (Wildman–Crippen LogP) is 4.21. The van der Waals surface area contributed by atoms with Crippen molar-refractivity contribution >= 4 is 5.78 Å². The first-order valence-electron chi connectivity index (χ1n) is 7.49. The molecule has 0 heterocycles. The molecule has 0 spiro atoms. The van der Waals surface area contributed by atoms with Gasteiger partial charge in [0.25, 0.3) is 0 Å². The zero-order valence-corrected chi connectivity index (χ0v) is 11.6. The van der Waals surface area contributed by atoms with Gasteiger partial charge in [0, 0.05) is 12.3 Å². The lowest BCUT2D eigenvalue weighted by Crippen LogP contribution is -2.39. The molecule has 0 amide bonds. The van der Waals surface area contributed by atoms with Crippen LogP contribution in [-0.4, -0.2) is 5.78 Å². The van der Waals surface area contributed by atoms with Crippen LogP contribution in [0.2, 0.25) is 0 Å².